The monoisotopic (exact) mass is 171 g/mol. The van der Waals surface area contributed by atoms with Crippen molar-refractivity contribution in [3.8, 4) is 0 Å². The van der Waals surface area contributed by atoms with Gasteiger partial charge in [0, 0.05) is 18.6 Å². The highest BCUT2D eigenvalue weighted by Crippen LogP contribution is 2.16. The van der Waals surface area contributed by atoms with Crippen LogP contribution in [0.15, 0.2) is 0 Å². The van der Waals surface area contributed by atoms with Gasteiger partial charge in [-0.05, 0) is 27.2 Å². The van der Waals surface area contributed by atoms with Crippen LogP contribution in [0.5, 0.6) is 0 Å². The summed E-state index contributed by atoms with van der Waals surface area (Å²) in [5.41, 5.74) is 0. The fraction of sp³-hybridized carbons (Fsp3) is 1.00. The van der Waals surface area contributed by atoms with E-state index < -0.39 is 0 Å². The zero-order chi connectivity index (χ0) is 9.14. The minimum Gasteiger partial charge on any atom is -0.375 e. The standard InChI is InChI=1S/C10H21NO/c1-5-10-6-11(8(2)3)9(4)7-12-10/h8-10H,5-7H2,1-4H3. The van der Waals surface area contributed by atoms with Gasteiger partial charge in [0.15, 0.2) is 0 Å². The molecular weight excluding hydrogens is 150 g/mol. The van der Waals surface area contributed by atoms with Crippen LogP contribution in [0.3, 0.4) is 0 Å². The van der Waals surface area contributed by atoms with E-state index in [-0.39, 0.29) is 0 Å². The molecule has 2 atom stereocenters. The summed E-state index contributed by atoms with van der Waals surface area (Å²) < 4.78 is 5.68. The lowest BCUT2D eigenvalue weighted by Gasteiger charge is -2.40. The number of hydrogen-bond acceptors (Lipinski definition) is 2. The van der Waals surface area contributed by atoms with Crippen molar-refractivity contribution in [2.45, 2.75) is 52.3 Å². The fourth-order valence-electron chi connectivity index (χ4n) is 1.81. The van der Waals surface area contributed by atoms with Crippen LogP contribution in [-0.2, 0) is 4.74 Å². The highest BCUT2D eigenvalue weighted by Gasteiger charge is 2.26. The zero-order valence-corrected chi connectivity index (χ0v) is 8.71. The summed E-state index contributed by atoms with van der Waals surface area (Å²) >= 11 is 0. The molecule has 1 rings (SSSR count). The molecule has 2 unspecified atom stereocenters. The van der Waals surface area contributed by atoms with Gasteiger partial charge in [-0.3, -0.25) is 4.90 Å². The molecule has 0 amide bonds. The minimum atomic E-state index is 0.462. The van der Waals surface area contributed by atoms with Gasteiger partial charge in [-0.1, -0.05) is 6.92 Å². The second-order valence-corrected chi connectivity index (χ2v) is 4.00. The molecule has 1 saturated heterocycles. The average Bonchev–Trinajstić information content (AvgIpc) is 2.05. The molecule has 1 fully saturated rings. The Balaban J connectivity index is 2.47. The first-order chi connectivity index (χ1) is 5.65. The molecule has 0 N–H and O–H groups in total. The molecule has 0 aromatic heterocycles. The molecule has 0 aromatic rings. The van der Waals surface area contributed by atoms with Crippen molar-refractivity contribution < 1.29 is 4.74 Å². The largest absolute Gasteiger partial charge is 0.375 e. The summed E-state index contributed by atoms with van der Waals surface area (Å²) in [6.07, 6.45) is 1.60. The summed E-state index contributed by atoms with van der Waals surface area (Å²) in [4.78, 5) is 2.53. The second kappa shape index (κ2) is 4.24. The maximum atomic E-state index is 5.68. The first-order valence-electron chi connectivity index (χ1n) is 5.02. The number of rotatable bonds is 2. The first-order valence-corrected chi connectivity index (χ1v) is 5.02. The van der Waals surface area contributed by atoms with Gasteiger partial charge in [-0.15, -0.1) is 0 Å². The van der Waals surface area contributed by atoms with Crippen LogP contribution in [0.1, 0.15) is 34.1 Å². The van der Waals surface area contributed by atoms with Crippen LogP contribution in [0.2, 0.25) is 0 Å². The molecule has 1 aliphatic heterocycles. The van der Waals surface area contributed by atoms with Gasteiger partial charge in [0.25, 0.3) is 0 Å². The lowest BCUT2D eigenvalue weighted by atomic mass is 10.1. The van der Waals surface area contributed by atoms with E-state index in [2.05, 4.69) is 32.6 Å². The molecule has 2 nitrogen and oxygen atoms in total. The normalized spacial score (nSPS) is 32.8. The van der Waals surface area contributed by atoms with Gasteiger partial charge < -0.3 is 4.74 Å². The van der Waals surface area contributed by atoms with Crippen molar-refractivity contribution in [2.75, 3.05) is 13.2 Å². The lowest BCUT2D eigenvalue weighted by Crippen LogP contribution is -2.50. The quantitative estimate of drug-likeness (QED) is 0.629. The Labute approximate surface area is 75.9 Å². The fourth-order valence-corrected chi connectivity index (χ4v) is 1.81. The van der Waals surface area contributed by atoms with Gasteiger partial charge in [0.05, 0.1) is 12.7 Å². The number of ether oxygens (including phenoxy) is 1. The van der Waals surface area contributed by atoms with Gasteiger partial charge >= 0.3 is 0 Å². The van der Waals surface area contributed by atoms with Crippen molar-refractivity contribution in [3.05, 3.63) is 0 Å². The first kappa shape index (κ1) is 10.0. The van der Waals surface area contributed by atoms with Crippen molar-refractivity contribution in [1.82, 2.24) is 4.90 Å². The van der Waals surface area contributed by atoms with Crippen LogP contribution in [0.4, 0.5) is 0 Å². The smallest absolute Gasteiger partial charge is 0.0700 e. The Hall–Kier alpha value is -0.0800. The third kappa shape index (κ3) is 2.20. The number of nitrogens with zero attached hydrogens (tertiary/aromatic N) is 1. The summed E-state index contributed by atoms with van der Waals surface area (Å²) in [5.74, 6) is 0. The predicted octanol–water partition coefficient (Wildman–Crippen LogP) is 1.89. The SMILES string of the molecule is CCC1CN(C(C)C)C(C)CO1. The van der Waals surface area contributed by atoms with Gasteiger partial charge in [-0.25, -0.2) is 0 Å². The van der Waals surface area contributed by atoms with Crippen molar-refractivity contribution in [3.63, 3.8) is 0 Å². The molecule has 0 spiro atoms. The van der Waals surface area contributed by atoms with E-state index in [0.29, 0.717) is 18.2 Å². The molecule has 1 aliphatic rings. The molecule has 1 heterocycles. The summed E-state index contributed by atoms with van der Waals surface area (Å²) in [6.45, 7) is 11.0. The highest BCUT2D eigenvalue weighted by molar-refractivity contribution is 4.78. The summed E-state index contributed by atoms with van der Waals surface area (Å²) in [7, 11) is 0. The lowest BCUT2D eigenvalue weighted by molar-refractivity contribution is -0.0698. The summed E-state index contributed by atoms with van der Waals surface area (Å²) in [6, 6.07) is 1.24. The van der Waals surface area contributed by atoms with E-state index in [9.17, 15) is 0 Å². The molecule has 0 aromatic carbocycles. The van der Waals surface area contributed by atoms with Gasteiger partial charge in [-0.2, -0.15) is 0 Å². The van der Waals surface area contributed by atoms with Crippen molar-refractivity contribution >= 4 is 0 Å². The van der Waals surface area contributed by atoms with Crippen LogP contribution in [0, 0.1) is 0 Å². The van der Waals surface area contributed by atoms with Crippen molar-refractivity contribution in [1.29, 1.82) is 0 Å². The maximum Gasteiger partial charge on any atom is 0.0700 e. The van der Waals surface area contributed by atoms with E-state index in [1.54, 1.807) is 0 Å². The second-order valence-electron chi connectivity index (χ2n) is 4.00. The van der Waals surface area contributed by atoms with E-state index >= 15 is 0 Å². The Morgan fingerprint density at radius 2 is 2.17 bits per heavy atom. The molecule has 0 bridgehead atoms. The average molecular weight is 171 g/mol. The van der Waals surface area contributed by atoms with E-state index in [1.165, 1.54) is 0 Å². The molecule has 12 heavy (non-hydrogen) atoms. The summed E-state index contributed by atoms with van der Waals surface area (Å²) in [5, 5.41) is 0. The van der Waals surface area contributed by atoms with Crippen LogP contribution in [0.25, 0.3) is 0 Å². The zero-order valence-electron chi connectivity index (χ0n) is 8.71. The third-order valence-electron chi connectivity index (χ3n) is 2.67. The molecule has 0 aliphatic carbocycles. The Morgan fingerprint density at radius 1 is 1.50 bits per heavy atom. The highest BCUT2D eigenvalue weighted by atomic mass is 16.5. The van der Waals surface area contributed by atoms with Crippen LogP contribution < -0.4 is 0 Å². The number of morpholine rings is 1. The molecular formula is C10H21NO. The third-order valence-corrected chi connectivity index (χ3v) is 2.67. The number of hydrogen-bond donors (Lipinski definition) is 0. The van der Waals surface area contributed by atoms with Crippen molar-refractivity contribution in [2.24, 2.45) is 0 Å². The topological polar surface area (TPSA) is 12.5 Å². The van der Waals surface area contributed by atoms with E-state index in [4.69, 9.17) is 4.74 Å². The van der Waals surface area contributed by atoms with Crippen LogP contribution in [-0.4, -0.2) is 36.2 Å². The van der Waals surface area contributed by atoms with Gasteiger partial charge in [0.2, 0.25) is 0 Å². The minimum absolute atomic E-state index is 0.462. The Bertz CT molecular complexity index is 136. The molecule has 2 heteroatoms. The molecule has 0 saturated carbocycles. The maximum absolute atomic E-state index is 5.68. The Morgan fingerprint density at radius 3 is 2.67 bits per heavy atom. The van der Waals surface area contributed by atoms with E-state index in [1.807, 2.05) is 0 Å². The van der Waals surface area contributed by atoms with E-state index in [0.717, 1.165) is 19.6 Å². The van der Waals surface area contributed by atoms with Gasteiger partial charge in [0.1, 0.15) is 0 Å². The molecule has 72 valence electrons. The molecule has 0 radical (unpaired) electrons. The Kier molecular flexibility index (Phi) is 3.53. The predicted molar refractivity (Wildman–Crippen MR) is 51.3 cm³/mol. The van der Waals surface area contributed by atoms with Crippen LogP contribution >= 0.6 is 0 Å².